The number of carbonyl (C=O) groups is 1. The fourth-order valence-corrected chi connectivity index (χ4v) is 2.14. The fourth-order valence-electron chi connectivity index (χ4n) is 1.99. The summed E-state index contributed by atoms with van der Waals surface area (Å²) in [5.74, 6) is 0. The molecule has 6 heteroatoms. The van der Waals surface area contributed by atoms with E-state index in [4.69, 9.17) is 11.6 Å². The van der Waals surface area contributed by atoms with E-state index in [1.165, 1.54) is 0 Å². The molecule has 0 saturated heterocycles. The molecular weight excluding hydrogens is 276 g/mol. The Kier molecular flexibility index (Phi) is 3.26. The Morgan fingerprint density at radius 1 is 1.15 bits per heavy atom. The Morgan fingerprint density at radius 3 is 2.85 bits per heavy atom. The summed E-state index contributed by atoms with van der Waals surface area (Å²) in [6.07, 6.45) is 2.26. The van der Waals surface area contributed by atoms with Gasteiger partial charge in [-0.25, -0.2) is 0 Å². The van der Waals surface area contributed by atoms with Gasteiger partial charge < -0.3 is 5.32 Å². The van der Waals surface area contributed by atoms with E-state index >= 15 is 0 Å². The predicted molar refractivity (Wildman–Crippen MR) is 77.5 cm³/mol. The quantitative estimate of drug-likeness (QED) is 0.751. The summed E-state index contributed by atoms with van der Waals surface area (Å²) in [6, 6.07) is 11.3. The highest BCUT2D eigenvalue weighted by Gasteiger charge is 2.09. The maximum absolute atomic E-state index is 10.6. The molecule has 0 unspecified atom stereocenters. The van der Waals surface area contributed by atoms with Crippen molar-refractivity contribution in [3.05, 3.63) is 47.7 Å². The summed E-state index contributed by atoms with van der Waals surface area (Å²) in [4.78, 5) is 14.9. The van der Waals surface area contributed by atoms with Crippen LogP contribution in [0.25, 0.3) is 22.2 Å². The normalized spacial score (nSPS) is 10.4. The number of anilines is 1. The van der Waals surface area contributed by atoms with E-state index in [0.29, 0.717) is 17.8 Å². The minimum absolute atomic E-state index is 0.152. The van der Waals surface area contributed by atoms with Crippen molar-refractivity contribution in [1.29, 1.82) is 0 Å². The van der Waals surface area contributed by atoms with Crippen molar-refractivity contribution in [3.63, 3.8) is 0 Å². The Hall–Kier alpha value is -2.53. The molecule has 98 valence electrons. The van der Waals surface area contributed by atoms with Gasteiger partial charge in [-0.3, -0.25) is 9.78 Å². The molecule has 3 rings (SSSR count). The van der Waals surface area contributed by atoms with Crippen LogP contribution in [-0.4, -0.2) is 21.6 Å². The molecular formula is C14H9ClN4O. The number of hydrogen-bond donors (Lipinski definition) is 1. The molecule has 1 N–H and O–H groups in total. The van der Waals surface area contributed by atoms with Crippen LogP contribution < -0.4 is 5.32 Å². The summed E-state index contributed by atoms with van der Waals surface area (Å²) in [7, 11) is 0. The number of pyridine rings is 1. The van der Waals surface area contributed by atoms with Gasteiger partial charge >= 0.3 is 0 Å². The number of amides is 1. The van der Waals surface area contributed by atoms with Crippen molar-refractivity contribution in [3.8, 4) is 11.3 Å². The van der Waals surface area contributed by atoms with E-state index in [2.05, 4.69) is 20.5 Å². The molecule has 0 fully saturated rings. The van der Waals surface area contributed by atoms with E-state index in [0.717, 1.165) is 16.5 Å². The van der Waals surface area contributed by atoms with Crippen LogP contribution in [0.4, 0.5) is 5.69 Å². The summed E-state index contributed by atoms with van der Waals surface area (Å²) in [5, 5.41) is 11.5. The van der Waals surface area contributed by atoms with E-state index in [1.54, 1.807) is 12.3 Å². The average molecular weight is 285 g/mol. The summed E-state index contributed by atoms with van der Waals surface area (Å²) in [5.41, 5.74) is 2.80. The molecule has 20 heavy (non-hydrogen) atoms. The van der Waals surface area contributed by atoms with E-state index < -0.39 is 0 Å². The Balaban J connectivity index is 2.20. The van der Waals surface area contributed by atoms with Crippen LogP contribution in [0.1, 0.15) is 0 Å². The number of benzene rings is 1. The van der Waals surface area contributed by atoms with Gasteiger partial charge in [0.1, 0.15) is 0 Å². The SMILES string of the molecule is O=CNc1cc(-c2ccnc3ccccc23)nnc1Cl. The van der Waals surface area contributed by atoms with Gasteiger partial charge in [-0.05, 0) is 18.2 Å². The molecule has 0 aliphatic carbocycles. The van der Waals surface area contributed by atoms with Crippen LogP contribution in [0.5, 0.6) is 0 Å². The van der Waals surface area contributed by atoms with Crippen LogP contribution in [-0.2, 0) is 4.79 Å². The van der Waals surface area contributed by atoms with Crippen LogP contribution in [0.3, 0.4) is 0 Å². The number of fused-ring (bicyclic) bond motifs is 1. The minimum atomic E-state index is 0.152. The number of nitrogens with zero attached hydrogens (tertiary/aromatic N) is 3. The zero-order chi connectivity index (χ0) is 13.9. The Morgan fingerprint density at radius 2 is 2.00 bits per heavy atom. The van der Waals surface area contributed by atoms with Gasteiger partial charge in [0.15, 0.2) is 5.15 Å². The first kappa shape index (κ1) is 12.5. The number of para-hydroxylation sites is 1. The van der Waals surface area contributed by atoms with Crippen molar-refractivity contribution in [1.82, 2.24) is 15.2 Å². The lowest BCUT2D eigenvalue weighted by Crippen LogP contribution is -1.99. The van der Waals surface area contributed by atoms with Crippen LogP contribution in [0.15, 0.2) is 42.6 Å². The van der Waals surface area contributed by atoms with E-state index in [-0.39, 0.29) is 5.15 Å². The molecule has 5 nitrogen and oxygen atoms in total. The van der Waals surface area contributed by atoms with E-state index in [9.17, 15) is 4.79 Å². The molecule has 2 aromatic heterocycles. The highest BCUT2D eigenvalue weighted by atomic mass is 35.5. The number of aromatic nitrogens is 3. The number of nitrogens with one attached hydrogen (secondary N) is 1. The molecule has 0 spiro atoms. The first-order chi connectivity index (χ1) is 9.79. The van der Waals surface area contributed by atoms with Crippen molar-refractivity contribution in [2.24, 2.45) is 0 Å². The van der Waals surface area contributed by atoms with Crippen molar-refractivity contribution in [2.45, 2.75) is 0 Å². The van der Waals surface area contributed by atoms with Crippen LogP contribution in [0, 0.1) is 0 Å². The highest BCUT2D eigenvalue weighted by Crippen LogP contribution is 2.28. The van der Waals surface area contributed by atoms with Gasteiger partial charge in [-0.2, -0.15) is 0 Å². The lowest BCUT2D eigenvalue weighted by molar-refractivity contribution is -0.105. The maximum Gasteiger partial charge on any atom is 0.211 e. The van der Waals surface area contributed by atoms with Gasteiger partial charge in [-0.1, -0.05) is 29.8 Å². The van der Waals surface area contributed by atoms with Crippen LogP contribution in [0.2, 0.25) is 5.15 Å². The lowest BCUT2D eigenvalue weighted by Gasteiger charge is -2.07. The number of carbonyl (C=O) groups excluding carboxylic acids is 1. The second kappa shape index (κ2) is 5.22. The standard InChI is InChI=1S/C14H9ClN4O/c15-14-13(17-8-20)7-12(18-19-14)10-5-6-16-11-4-2-1-3-9(10)11/h1-8H,(H,17,18,20). The smallest absolute Gasteiger partial charge is 0.211 e. The van der Waals surface area contributed by atoms with Crippen molar-refractivity contribution >= 4 is 34.6 Å². The minimum Gasteiger partial charge on any atom is -0.326 e. The lowest BCUT2D eigenvalue weighted by atomic mass is 10.1. The molecule has 1 amide bonds. The molecule has 0 radical (unpaired) electrons. The summed E-state index contributed by atoms with van der Waals surface area (Å²) >= 11 is 5.87. The van der Waals surface area contributed by atoms with E-state index in [1.807, 2.05) is 30.3 Å². The van der Waals surface area contributed by atoms with Crippen molar-refractivity contribution < 1.29 is 4.79 Å². The largest absolute Gasteiger partial charge is 0.326 e. The molecule has 0 atom stereocenters. The second-order valence-electron chi connectivity index (χ2n) is 4.07. The van der Waals surface area contributed by atoms with Gasteiger partial charge in [0.2, 0.25) is 6.41 Å². The second-order valence-corrected chi connectivity index (χ2v) is 4.43. The van der Waals surface area contributed by atoms with Gasteiger partial charge in [0.05, 0.1) is 16.9 Å². The first-order valence-electron chi connectivity index (χ1n) is 5.87. The van der Waals surface area contributed by atoms with Gasteiger partial charge in [-0.15, -0.1) is 10.2 Å². The highest BCUT2D eigenvalue weighted by molar-refractivity contribution is 6.32. The fraction of sp³-hybridized carbons (Fsp3) is 0. The zero-order valence-corrected chi connectivity index (χ0v) is 11.0. The Bertz CT molecular complexity index is 786. The molecule has 0 bridgehead atoms. The zero-order valence-electron chi connectivity index (χ0n) is 10.2. The van der Waals surface area contributed by atoms with Gasteiger partial charge in [0.25, 0.3) is 0 Å². The third-order valence-corrected chi connectivity index (χ3v) is 3.17. The van der Waals surface area contributed by atoms with Gasteiger partial charge in [0, 0.05) is 17.1 Å². The Labute approximate surface area is 119 Å². The first-order valence-corrected chi connectivity index (χ1v) is 6.25. The predicted octanol–water partition coefficient (Wildman–Crippen LogP) is 2.91. The summed E-state index contributed by atoms with van der Waals surface area (Å²) in [6.45, 7) is 0. The maximum atomic E-state index is 10.6. The number of hydrogen-bond acceptors (Lipinski definition) is 4. The molecule has 0 saturated carbocycles. The molecule has 2 heterocycles. The summed E-state index contributed by atoms with van der Waals surface area (Å²) < 4.78 is 0. The molecule has 3 aromatic rings. The monoisotopic (exact) mass is 284 g/mol. The number of halogens is 1. The molecule has 0 aliphatic heterocycles. The third-order valence-electron chi connectivity index (χ3n) is 2.89. The third kappa shape index (κ3) is 2.19. The number of rotatable bonds is 3. The van der Waals surface area contributed by atoms with Crippen molar-refractivity contribution in [2.75, 3.05) is 5.32 Å². The molecule has 1 aromatic carbocycles. The average Bonchev–Trinajstić information content (AvgIpc) is 2.49. The molecule has 0 aliphatic rings. The topological polar surface area (TPSA) is 67.8 Å². The van der Waals surface area contributed by atoms with Crippen LogP contribution >= 0.6 is 11.6 Å².